The normalized spacial score (nSPS) is 17.2. The van der Waals surface area contributed by atoms with Crippen molar-refractivity contribution >= 4 is 22.1 Å². The molecule has 1 saturated carbocycles. The van der Waals surface area contributed by atoms with Crippen LogP contribution in [0.25, 0.3) is 10.8 Å². The minimum atomic E-state index is -2.13. The Labute approximate surface area is 183 Å². The van der Waals surface area contributed by atoms with Crippen LogP contribution in [0.2, 0.25) is 0 Å². The second kappa shape index (κ2) is 8.26. The van der Waals surface area contributed by atoms with Crippen molar-refractivity contribution in [1.29, 1.82) is 0 Å². The third kappa shape index (κ3) is 3.38. The maximum atomic E-state index is 14.5. The van der Waals surface area contributed by atoms with Gasteiger partial charge in [-0.25, -0.2) is 22.0 Å². The first-order chi connectivity index (χ1) is 15.5. The van der Waals surface area contributed by atoms with Gasteiger partial charge in [0.25, 0.3) is 0 Å². The molecule has 0 saturated heterocycles. The van der Waals surface area contributed by atoms with Crippen molar-refractivity contribution in [2.75, 3.05) is 16.5 Å². The van der Waals surface area contributed by atoms with Crippen LogP contribution in [0.5, 0.6) is 0 Å². The molecular formula is C25H23F5N2. The number of nitrogens with zero attached hydrogens (tertiary/aromatic N) is 2. The molecule has 0 N–H and O–H groups in total. The molecule has 0 aromatic heterocycles. The summed E-state index contributed by atoms with van der Waals surface area (Å²) < 4.78 is 70.2. The molecular weight excluding hydrogens is 423 g/mol. The van der Waals surface area contributed by atoms with E-state index in [1.807, 2.05) is 36.4 Å². The van der Waals surface area contributed by atoms with Crippen molar-refractivity contribution < 1.29 is 22.0 Å². The Morgan fingerprint density at radius 3 is 1.88 bits per heavy atom. The van der Waals surface area contributed by atoms with Crippen molar-refractivity contribution in [2.45, 2.75) is 51.1 Å². The number of rotatable bonds is 3. The molecule has 32 heavy (non-hydrogen) atoms. The fourth-order valence-electron chi connectivity index (χ4n) is 5.14. The predicted octanol–water partition coefficient (Wildman–Crippen LogP) is 7.04. The molecule has 2 nitrogen and oxygen atoms in total. The highest BCUT2D eigenvalue weighted by molar-refractivity contribution is 6.05. The first-order valence-electron chi connectivity index (χ1n) is 11.0. The van der Waals surface area contributed by atoms with E-state index >= 15 is 0 Å². The lowest BCUT2D eigenvalue weighted by molar-refractivity contribution is 0.369. The first kappa shape index (κ1) is 21.0. The lowest BCUT2D eigenvalue weighted by Crippen LogP contribution is -2.46. The molecule has 1 fully saturated rings. The summed E-state index contributed by atoms with van der Waals surface area (Å²) in [5, 5.41) is 1.91. The molecule has 0 amide bonds. The van der Waals surface area contributed by atoms with Gasteiger partial charge < -0.3 is 9.80 Å². The highest BCUT2D eigenvalue weighted by atomic mass is 19.2. The Kier molecular flexibility index (Phi) is 5.43. The minimum absolute atomic E-state index is 0.260. The molecule has 0 radical (unpaired) electrons. The topological polar surface area (TPSA) is 6.48 Å². The molecule has 1 aliphatic heterocycles. The van der Waals surface area contributed by atoms with Crippen LogP contribution in [0.15, 0.2) is 36.4 Å². The molecule has 1 aliphatic carbocycles. The molecule has 1 heterocycles. The smallest absolute Gasteiger partial charge is 0.200 e. The van der Waals surface area contributed by atoms with Crippen LogP contribution in [-0.2, 0) is 6.54 Å². The van der Waals surface area contributed by atoms with Crippen LogP contribution in [0.4, 0.5) is 33.3 Å². The van der Waals surface area contributed by atoms with Gasteiger partial charge in [-0.05, 0) is 30.4 Å². The molecule has 0 atom stereocenters. The van der Waals surface area contributed by atoms with E-state index in [9.17, 15) is 22.0 Å². The van der Waals surface area contributed by atoms with Crippen LogP contribution < -0.4 is 9.80 Å². The Balaban J connectivity index is 1.62. The van der Waals surface area contributed by atoms with Crippen LogP contribution in [0, 0.1) is 29.1 Å². The number of anilines is 2. The molecule has 0 bridgehead atoms. The Hall–Kier alpha value is -2.83. The van der Waals surface area contributed by atoms with E-state index in [1.165, 1.54) is 12.8 Å². The molecule has 0 unspecified atom stereocenters. The zero-order valence-electron chi connectivity index (χ0n) is 17.5. The SMILES string of the molecule is Fc1c(F)c(F)c(CN2CN(C3CCCCCC3)c3cccc4cccc2c34)c(F)c1F. The van der Waals surface area contributed by atoms with Gasteiger partial charge in [0.05, 0.1) is 13.2 Å². The van der Waals surface area contributed by atoms with Gasteiger partial charge in [0.15, 0.2) is 23.3 Å². The summed E-state index contributed by atoms with van der Waals surface area (Å²) in [6.45, 7) is -0.0945. The summed E-state index contributed by atoms with van der Waals surface area (Å²) in [5.74, 6) is -9.48. The van der Waals surface area contributed by atoms with Gasteiger partial charge in [-0.1, -0.05) is 49.9 Å². The monoisotopic (exact) mass is 446 g/mol. The van der Waals surface area contributed by atoms with Crippen molar-refractivity contribution in [3.63, 3.8) is 0 Å². The lowest BCUT2D eigenvalue weighted by atomic mass is 9.99. The third-order valence-electron chi connectivity index (χ3n) is 6.75. The second-order valence-corrected chi connectivity index (χ2v) is 8.66. The van der Waals surface area contributed by atoms with Gasteiger partial charge in [0, 0.05) is 28.4 Å². The number of hydrogen-bond acceptors (Lipinski definition) is 2. The summed E-state index contributed by atoms with van der Waals surface area (Å²) in [4.78, 5) is 3.96. The van der Waals surface area contributed by atoms with Crippen LogP contribution >= 0.6 is 0 Å². The molecule has 168 valence electrons. The number of benzene rings is 3. The van der Waals surface area contributed by atoms with Crippen LogP contribution in [-0.4, -0.2) is 12.7 Å². The van der Waals surface area contributed by atoms with E-state index in [-0.39, 0.29) is 6.04 Å². The van der Waals surface area contributed by atoms with Crippen molar-refractivity contribution in [3.8, 4) is 0 Å². The molecule has 3 aromatic carbocycles. The van der Waals surface area contributed by atoms with Gasteiger partial charge in [-0.2, -0.15) is 0 Å². The maximum Gasteiger partial charge on any atom is 0.200 e. The zero-order chi connectivity index (χ0) is 22.4. The van der Waals surface area contributed by atoms with E-state index in [2.05, 4.69) is 4.90 Å². The quantitative estimate of drug-likeness (QED) is 0.184. The average molecular weight is 446 g/mol. The number of hydrogen-bond donors (Lipinski definition) is 0. The fourth-order valence-corrected chi connectivity index (χ4v) is 5.14. The molecule has 2 aliphatic rings. The largest absolute Gasteiger partial charge is 0.350 e. The Morgan fingerprint density at radius 1 is 0.688 bits per heavy atom. The Morgan fingerprint density at radius 2 is 1.25 bits per heavy atom. The molecule has 0 spiro atoms. The molecule has 5 rings (SSSR count). The van der Waals surface area contributed by atoms with Gasteiger partial charge in [-0.15, -0.1) is 0 Å². The first-order valence-corrected chi connectivity index (χ1v) is 11.0. The summed E-state index contributed by atoms with van der Waals surface area (Å²) in [5.41, 5.74) is 0.976. The van der Waals surface area contributed by atoms with Crippen molar-refractivity contribution in [3.05, 3.63) is 71.0 Å². The van der Waals surface area contributed by atoms with E-state index in [0.29, 0.717) is 6.67 Å². The number of halogens is 5. The third-order valence-corrected chi connectivity index (χ3v) is 6.75. The van der Waals surface area contributed by atoms with E-state index in [0.717, 1.165) is 47.8 Å². The summed E-state index contributed by atoms with van der Waals surface area (Å²) in [6.07, 6.45) is 6.59. The Bertz CT molecular complexity index is 1140. The van der Waals surface area contributed by atoms with Gasteiger partial charge in [0.1, 0.15) is 0 Å². The summed E-state index contributed by atoms with van der Waals surface area (Å²) >= 11 is 0. The van der Waals surface area contributed by atoms with Gasteiger partial charge in [-0.3, -0.25) is 0 Å². The van der Waals surface area contributed by atoms with E-state index in [4.69, 9.17) is 0 Å². The molecule has 3 aromatic rings. The highest BCUT2D eigenvalue weighted by Gasteiger charge is 2.32. The van der Waals surface area contributed by atoms with Gasteiger partial charge in [0.2, 0.25) is 5.82 Å². The van der Waals surface area contributed by atoms with Gasteiger partial charge >= 0.3 is 0 Å². The average Bonchev–Trinajstić information content (AvgIpc) is 3.10. The lowest BCUT2D eigenvalue weighted by Gasteiger charge is -2.43. The minimum Gasteiger partial charge on any atom is -0.350 e. The molecule has 7 heteroatoms. The second-order valence-electron chi connectivity index (χ2n) is 8.66. The highest BCUT2D eigenvalue weighted by Crippen LogP contribution is 2.42. The van der Waals surface area contributed by atoms with Crippen LogP contribution in [0.1, 0.15) is 44.1 Å². The van der Waals surface area contributed by atoms with E-state index < -0.39 is 41.2 Å². The fraction of sp³-hybridized carbons (Fsp3) is 0.360. The van der Waals surface area contributed by atoms with E-state index in [1.54, 1.807) is 4.90 Å². The zero-order valence-corrected chi connectivity index (χ0v) is 17.5. The van der Waals surface area contributed by atoms with Crippen LogP contribution in [0.3, 0.4) is 0 Å². The standard InChI is InChI=1S/C25H23F5N2/c26-21-17(22(27)24(29)25(30)23(21)28)13-31-14-32(16-9-3-1-2-4-10-16)19-12-6-8-15-7-5-11-18(31)20(15)19/h5-8,11-12,16H,1-4,9-10,13-14H2. The predicted molar refractivity (Wildman–Crippen MR) is 115 cm³/mol. The maximum absolute atomic E-state index is 14.5. The summed E-state index contributed by atoms with van der Waals surface area (Å²) in [7, 11) is 0. The van der Waals surface area contributed by atoms with Crippen molar-refractivity contribution in [1.82, 2.24) is 0 Å². The summed E-state index contributed by atoms with van der Waals surface area (Å²) in [6, 6.07) is 11.9. The van der Waals surface area contributed by atoms with Crippen molar-refractivity contribution in [2.24, 2.45) is 0 Å².